The number of unbranched alkanes of at least 4 members (excludes halogenated alkanes) is 1. The molecule has 0 saturated carbocycles. The molecule has 0 saturated heterocycles. The summed E-state index contributed by atoms with van der Waals surface area (Å²) < 4.78 is 44.6. The number of carbonyl (C=O) groups excluding carboxylic acids is 1. The van der Waals surface area contributed by atoms with Crippen molar-refractivity contribution in [3.05, 3.63) is 59.9 Å². The van der Waals surface area contributed by atoms with Crippen molar-refractivity contribution in [1.82, 2.24) is 0 Å². The third-order valence-electron chi connectivity index (χ3n) is 4.34. The van der Waals surface area contributed by atoms with Crippen molar-refractivity contribution in [2.75, 3.05) is 22.8 Å². The number of para-hydroxylation sites is 1. The first-order valence-electron chi connectivity index (χ1n) is 9.58. The van der Waals surface area contributed by atoms with E-state index in [9.17, 15) is 18.0 Å². The molecule has 0 spiro atoms. The first-order chi connectivity index (χ1) is 14.7. The molecule has 0 fully saturated rings. The molecule has 0 heterocycles. The summed E-state index contributed by atoms with van der Waals surface area (Å²) in [5, 5.41) is 6.03. The lowest BCUT2D eigenvalue weighted by atomic mass is 10.1. The van der Waals surface area contributed by atoms with Gasteiger partial charge in [0.15, 0.2) is 0 Å². The molecule has 0 radical (unpaired) electrons. The minimum atomic E-state index is -4.60. The maximum atomic E-state index is 13.1. The van der Waals surface area contributed by atoms with Gasteiger partial charge in [-0.3, -0.25) is 5.01 Å². The van der Waals surface area contributed by atoms with Gasteiger partial charge in [0.05, 0.1) is 29.7 Å². The number of hydrogen-bond acceptors (Lipinski definition) is 5. The molecule has 6 N–H and O–H groups in total. The number of benzene rings is 2. The number of ether oxygens (including phenoxy) is 1. The molecule has 7 nitrogen and oxygen atoms in total. The van der Waals surface area contributed by atoms with Gasteiger partial charge in [-0.05, 0) is 37.1 Å². The van der Waals surface area contributed by atoms with Gasteiger partial charge in [0.25, 0.3) is 0 Å². The summed E-state index contributed by atoms with van der Waals surface area (Å²) in [6.07, 6.45) is -0.350. The average Bonchev–Trinajstić information content (AvgIpc) is 2.72. The molecule has 0 aliphatic rings. The maximum absolute atomic E-state index is 13.1. The van der Waals surface area contributed by atoms with Crippen LogP contribution < -0.4 is 32.0 Å². The van der Waals surface area contributed by atoms with Crippen LogP contribution in [0.15, 0.2) is 54.4 Å². The molecule has 2 rings (SSSR count). The molecule has 2 amide bonds. The smallest absolute Gasteiger partial charge is 0.418 e. The third-order valence-corrected chi connectivity index (χ3v) is 4.34. The Labute approximate surface area is 178 Å². The highest BCUT2D eigenvalue weighted by Crippen LogP contribution is 2.35. The van der Waals surface area contributed by atoms with Crippen molar-refractivity contribution < 1.29 is 22.7 Å². The minimum Gasteiger partial charge on any atom is -0.494 e. The number of methoxy groups -OCH3 is 1. The number of amides is 2. The number of allylic oxidation sites excluding steroid dienone is 1. The summed E-state index contributed by atoms with van der Waals surface area (Å²) in [6.45, 7) is 2.06. The summed E-state index contributed by atoms with van der Waals surface area (Å²) >= 11 is 0. The van der Waals surface area contributed by atoms with Crippen LogP contribution >= 0.6 is 0 Å². The van der Waals surface area contributed by atoms with E-state index in [1.54, 1.807) is 18.3 Å². The van der Waals surface area contributed by atoms with E-state index < -0.39 is 17.8 Å². The molecule has 0 unspecified atom stereocenters. The molecule has 31 heavy (non-hydrogen) atoms. The Morgan fingerprint density at radius 3 is 2.48 bits per heavy atom. The highest BCUT2D eigenvalue weighted by Gasteiger charge is 2.33. The number of nitrogens with one attached hydrogen (secondary N) is 2. The van der Waals surface area contributed by atoms with Gasteiger partial charge >= 0.3 is 12.2 Å². The summed E-state index contributed by atoms with van der Waals surface area (Å²) in [7, 11) is 1.40. The molecule has 0 aliphatic carbocycles. The topological polar surface area (TPSA) is 106 Å². The van der Waals surface area contributed by atoms with Crippen LogP contribution in [0.3, 0.4) is 0 Å². The molecule has 0 aromatic heterocycles. The zero-order valence-corrected chi connectivity index (χ0v) is 17.3. The van der Waals surface area contributed by atoms with E-state index in [1.165, 1.54) is 36.4 Å². The van der Waals surface area contributed by atoms with Gasteiger partial charge in [-0.2, -0.15) is 13.2 Å². The molecule has 2 aromatic rings. The molecule has 0 bridgehead atoms. The Kier molecular flexibility index (Phi) is 8.14. The summed E-state index contributed by atoms with van der Waals surface area (Å²) in [5.41, 5.74) is 6.06. The van der Waals surface area contributed by atoms with E-state index in [4.69, 9.17) is 16.3 Å². The highest BCUT2D eigenvalue weighted by molar-refractivity contribution is 6.01. The highest BCUT2D eigenvalue weighted by atomic mass is 19.4. The average molecular weight is 437 g/mol. The van der Waals surface area contributed by atoms with E-state index in [0.717, 1.165) is 18.9 Å². The minimum absolute atomic E-state index is 0.254. The van der Waals surface area contributed by atoms with Gasteiger partial charge in [-0.1, -0.05) is 25.5 Å². The Balaban J connectivity index is 2.15. The molecule has 0 aliphatic heterocycles. The Bertz CT molecular complexity index is 931. The van der Waals surface area contributed by atoms with E-state index in [1.807, 2.05) is 0 Å². The number of alkyl halides is 3. The van der Waals surface area contributed by atoms with Gasteiger partial charge in [-0.25, -0.2) is 10.6 Å². The van der Waals surface area contributed by atoms with Crippen LogP contribution in [-0.4, -0.2) is 13.1 Å². The van der Waals surface area contributed by atoms with Crippen molar-refractivity contribution in [1.29, 1.82) is 0 Å². The Morgan fingerprint density at radius 2 is 1.84 bits per heavy atom. The number of hydrogen-bond donors (Lipinski definition) is 4. The van der Waals surface area contributed by atoms with Crippen molar-refractivity contribution in [2.45, 2.75) is 32.4 Å². The number of nitrogens with two attached hydrogens (primary N) is 2. The van der Waals surface area contributed by atoms with Gasteiger partial charge in [0.1, 0.15) is 5.75 Å². The lowest BCUT2D eigenvalue weighted by Gasteiger charge is -2.18. The lowest BCUT2D eigenvalue weighted by Crippen LogP contribution is -2.26. The van der Waals surface area contributed by atoms with Gasteiger partial charge < -0.3 is 21.1 Å². The van der Waals surface area contributed by atoms with Gasteiger partial charge in [-0.15, -0.1) is 0 Å². The molecular weight excluding hydrogens is 411 g/mol. The fraction of sp³-hybridized carbons (Fsp3) is 0.286. The van der Waals surface area contributed by atoms with Crippen molar-refractivity contribution in [3.63, 3.8) is 0 Å². The van der Waals surface area contributed by atoms with Gasteiger partial charge in [0.2, 0.25) is 0 Å². The van der Waals surface area contributed by atoms with Crippen LogP contribution in [0.2, 0.25) is 0 Å². The van der Waals surface area contributed by atoms with Crippen LogP contribution in [0.4, 0.5) is 35.0 Å². The molecule has 10 heteroatoms. The Morgan fingerprint density at radius 1 is 1.16 bits per heavy atom. The molecule has 0 atom stereocenters. The van der Waals surface area contributed by atoms with Crippen molar-refractivity contribution in [2.24, 2.45) is 11.6 Å². The first-order valence-corrected chi connectivity index (χ1v) is 9.58. The molecule has 168 valence electrons. The van der Waals surface area contributed by atoms with Gasteiger partial charge in [0, 0.05) is 18.0 Å². The number of anilines is 3. The van der Waals surface area contributed by atoms with E-state index in [-0.39, 0.29) is 17.1 Å². The predicted molar refractivity (Wildman–Crippen MR) is 116 cm³/mol. The lowest BCUT2D eigenvalue weighted by molar-refractivity contribution is -0.136. The van der Waals surface area contributed by atoms with Crippen LogP contribution in [0.5, 0.6) is 5.75 Å². The van der Waals surface area contributed by atoms with Crippen LogP contribution in [0, 0.1) is 0 Å². The number of halogens is 3. The zero-order chi connectivity index (χ0) is 23.0. The quantitative estimate of drug-likeness (QED) is 0.342. The predicted octanol–water partition coefficient (Wildman–Crippen LogP) is 5.03. The van der Waals surface area contributed by atoms with Crippen LogP contribution in [0.1, 0.15) is 31.7 Å². The second-order valence-corrected chi connectivity index (χ2v) is 6.72. The number of rotatable bonds is 8. The SMILES string of the molecule is CCCC/C(N)=C/N(N)c1ccc(NC(=O)Nc2ccccc2C(F)(F)F)c(OC)c1. The molecular formula is C21H26F3N5O2. The van der Waals surface area contributed by atoms with Crippen LogP contribution in [0.25, 0.3) is 0 Å². The molecule has 2 aromatic carbocycles. The monoisotopic (exact) mass is 437 g/mol. The Hall–Kier alpha value is -3.40. The fourth-order valence-electron chi connectivity index (χ4n) is 2.76. The second-order valence-electron chi connectivity index (χ2n) is 6.72. The number of urea groups is 1. The fourth-order valence-corrected chi connectivity index (χ4v) is 2.76. The summed E-state index contributed by atoms with van der Waals surface area (Å²) in [5.74, 6) is 6.29. The largest absolute Gasteiger partial charge is 0.494 e. The normalized spacial score (nSPS) is 11.7. The number of nitrogens with zero attached hydrogens (tertiary/aromatic N) is 1. The summed E-state index contributed by atoms with van der Waals surface area (Å²) in [4.78, 5) is 12.3. The first kappa shape index (κ1) is 23.9. The number of hydrazine groups is 1. The van der Waals surface area contributed by atoms with E-state index in [0.29, 0.717) is 17.8 Å². The third kappa shape index (κ3) is 6.82. The standard InChI is InChI=1S/C21H26F3N5O2/c1-3-4-7-14(25)13-29(26)15-10-11-18(19(12-15)31-2)28-20(30)27-17-9-6-5-8-16(17)21(22,23)24/h5-6,8-13H,3-4,7,25-26H2,1-2H3,(H2,27,28,30)/b14-13-. The van der Waals surface area contributed by atoms with E-state index in [2.05, 4.69) is 17.6 Å². The van der Waals surface area contributed by atoms with E-state index >= 15 is 0 Å². The number of carbonyl (C=O) groups is 1. The van der Waals surface area contributed by atoms with Crippen molar-refractivity contribution in [3.8, 4) is 5.75 Å². The summed E-state index contributed by atoms with van der Waals surface area (Å²) in [6, 6.07) is 8.57. The van der Waals surface area contributed by atoms with Crippen LogP contribution in [-0.2, 0) is 6.18 Å². The zero-order valence-electron chi connectivity index (χ0n) is 17.3. The maximum Gasteiger partial charge on any atom is 0.418 e. The second kappa shape index (κ2) is 10.6. The van der Waals surface area contributed by atoms with Crippen molar-refractivity contribution >= 4 is 23.1 Å².